The van der Waals surface area contributed by atoms with Crippen LogP contribution in [0.25, 0.3) is 0 Å². The maximum Gasteiger partial charge on any atom is 0.490 e. The second kappa shape index (κ2) is 8.78. The van der Waals surface area contributed by atoms with Gasteiger partial charge in [0.25, 0.3) is 0 Å². The first-order chi connectivity index (χ1) is 13.8. The highest BCUT2D eigenvalue weighted by Crippen LogP contribution is 2.36. The van der Waals surface area contributed by atoms with Crippen LogP contribution in [-0.4, -0.2) is 68.5 Å². The van der Waals surface area contributed by atoms with E-state index in [1.807, 2.05) is 18.3 Å². The monoisotopic (exact) mass is 414 g/mol. The zero-order chi connectivity index (χ0) is 20.9. The predicted molar refractivity (Wildman–Crippen MR) is 94.1 cm³/mol. The maximum absolute atomic E-state index is 10.6. The van der Waals surface area contributed by atoms with Gasteiger partial charge in [-0.3, -0.25) is 9.88 Å². The Kier molecular flexibility index (Phi) is 6.38. The molecule has 2 atom stereocenters. The Labute approximate surface area is 164 Å². The molecule has 2 fully saturated rings. The molecule has 4 heterocycles. The number of ether oxygens (including phenoxy) is 2. The number of nitrogens with zero attached hydrogens (tertiary/aromatic N) is 3. The number of aromatic nitrogens is 3. The van der Waals surface area contributed by atoms with E-state index in [2.05, 4.69) is 19.9 Å². The molecule has 29 heavy (non-hydrogen) atoms. The molecule has 2 aromatic heterocycles. The Morgan fingerprint density at radius 3 is 2.83 bits per heavy atom. The number of aromatic amines is 1. The van der Waals surface area contributed by atoms with Crippen LogP contribution >= 0.6 is 0 Å². The van der Waals surface area contributed by atoms with Crippen LogP contribution in [0.4, 0.5) is 13.2 Å². The number of hydrogen-bond acceptors (Lipinski definition) is 6. The molecule has 1 spiro atoms. The van der Waals surface area contributed by atoms with Crippen molar-refractivity contribution < 1.29 is 32.5 Å². The van der Waals surface area contributed by atoms with E-state index in [1.165, 1.54) is 0 Å². The van der Waals surface area contributed by atoms with Crippen molar-refractivity contribution >= 4 is 5.97 Å². The molecular formula is C18H21F3N4O4. The summed E-state index contributed by atoms with van der Waals surface area (Å²) in [5, 5.41) is 7.12. The van der Waals surface area contributed by atoms with Crippen molar-refractivity contribution in [2.24, 2.45) is 0 Å². The molecule has 0 radical (unpaired) electrons. The molecule has 2 aliphatic rings. The molecule has 2 saturated heterocycles. The fourth-order valence-electron chi connectivity index (χ4n) is 3.45. The van der Waals surface area contributed by atoms with Crippen LogP contribution in [0.15, 0.2) is 37.1 Å². The lowest BCUT2D eigenvalue weighted by atomic mass is 9.98. The van der Waals surface area contributed by atoms with Crippen molar-refractivity contribution in [3.63, 3.8) is 0 Å². The Morgan fingerprint density at radius 1 is 1.41 bits per heavy atom. The molecule has 0 saturated carbocycles. The second-order valence-corrected chi connectivity index (χ2v) is 6.97. The summed E-state index contributed by atoms with van der Waals surface area (Å²) in [5.74, 6) is -1.94. The van der Waals surface area contributed by atoms with E-state index in [0.717, 1.165) is 43.9 Å². The van der Waals surface area contributed by atoms with Crippen LogP contribution in [-0.2, 0) is 16.1 Å². The molecule has 2 aromatic rings. The van der Waals surface area contributed by atoms with Gasteiger partial charge in [-0.1, -0.05) is 0 Å². The third-order valence-electron chi connectivity index (χ3n) is 4.70. The fourth-order valence-corrected chi connectivity index (χ4v) is 3.45. The normalized spacial score (nSPS) is 24.3. The van der Waals surface area contributed by atoms with Crippen molar-refractivity contribution in [3.05, 3.63) is 42.7 Å². The Morgan fingerprint density at radius 2 is 2.21 bits per heavy atom. The number of pyridine rings is 1. The third kappa shape index (κ3) is 5.91. The van der Waals surface area contributed by atoms with Crippen molar-refractivity contribution in [2.75, 3.05) is 19.7 Å². The average molecular weight is 414 g/mol. The summed E-state index contributed by atoms with van der Waals surface area (Å²) in [6, 6.07) is 3.83. The number of rotatable bonds is 4. The summed E-state index contributed by atoms with van der Waals surface area (Å²) in [4.78, 5) is 22.6. The zero-order valence-corrected chi connectivity index (χ0v) is 15.4. The number of likely N-dealkylation sites (tertiary alicyclic amines) is 1. The minimum absolute atomic E-state index is 0.0487. The number of halogens is 3. The number of carbonyl (C=O) groups is 1. The zero-order valence-electron chi connectivity index (χ0n) is 15.4. The molecule has 8 nitrogen and oxygen atoms in total. The number of nitrogens with one attached hydrogen (secondary N) is 1. The van der Waals surface area contributed by atoms with E-state index >= 15 is 0 Å². The highest BCUT2D eigenvalue weighted by Gasteiger charge is 2.46. The van der Waals surface area contributed by atoms with Gasteiger partial charge in [-0.2, -0.15) is 13.2 Å². The van der Waals surface area contributed by atoms with Crippen molar-refractivity contribution in [1.82, 2.24) is 19.9 Å². The highest BCUT2D eigenvalue weighted by atomic mass is 19.4. The van der Waals surface area contributed by atoms with E-state index < -0.39 is 12.1 Å². The summed E-state index contributed by atoms with van der Waals surface area (Å²) in [6.07, 6.45) is 4.17. The molecular weight excluding hydrogens is 393 g/mol. The number of aliphatic carboxylic acids is 1. The number of alkyl halides is 3. The largest absolute Gasteiger partial charge is 0.490 e. The molecule has 158 valence electrons. The summed E-state index contributed by atoms with van der Waals surface area (Å²) >= 11 is 0. The minimum atomic E-state index is -5.08. The van der Waals surface area contributed by atoms with Crippen LogP contribution in [0, 0.1) is 0 Å². The predicted octanol–water partition coefficient (Wildman–Crippen LogP) is 2.25. The quantitative estimate of drug-likeness (QED) is 0.791. The molecule has 2 N–H and O–H groups in total. The molecule has 11 heteroatoms. The number of H-pyrrole nitrogens is 1. The van der Waals surface area contributed by atoms with Crippen LogP contribution in [0.1, 0.15) is 18.5 Å². The molecule has 2 aliphatic heterocycles. The summed E-state index contributed by atoms with van der Waals surface area (Å²) in [7, 11) is 0. The molecule has 0 aliphatic carbocycles. The van der Waals surface area contributed by atoms with Gasteiger partial charge in [-0.25, -0.2) is 9.78 Å². The van der Waals surface area contributed by atoms with Gasteiger partial charge in [-0.05, 0) is 18.6 Å². The first-order valence-electron chi connectivity index (χ1n) is 8.96. The van der Waals surface area contributed by atoms with Crippen LogP contribution in [0.5, 0.6) is 5.75 Å². The third-order valence-corrected chi connectivity index (χ3v) is 4.70. The van der Waals surface area contributed by atoms with Gasteiger partial charge in [0, 0.05) is 44.1 Å². The second-order valence-electron chi connectivity index (χ2n) is 6.97. The molecule has 4 rings (SSSR count). The van der Waals surface area contributed by atoms with E-state index in [4.69, 9.17) is 19.4 Å². The van der Waals surface area contributed by atoms with Gasteiger partial charge < -0.3 is 19.6 Å². The van der Waals surface area contributed by atoms with Crippen LogP contribution in [0.3, 0.4) is 0 Å². The summed E-state index contributed by atoms with van der Waals surface area (Å²) in [5.41, 5.74) is 1.10. The number of imidazole rings is 1. The first-order valence-corrected chi connectivity index (χ1v) is 8.96. The molecule has 2 unspecified atom stereocenters. The van der Waals surface area contributed by atoms with Crippen LogP contribution in [0.2, 0.25) is 0 Å². The van der Waals surface area contributed by atoms with Crippen LogP contribution < -0.4 is 4.74 Å². The molecule has 0 bridgehead atoms. The van der Waals surface area contributed by atoms with Gasteiger partial charge in [-0.15, -0.1) is 0 Å². The van der Waals surface area contributed by atoms with Gasteiger partial charge >= 0.3 is 12.1 Å². The fraction of sp³-hybridized carbons (Fsp3) is 0.500. The number of carboxylic acids is 1. The van der Waals surface area contributed by atoms with E-state index in [9.17, 15) is 13.2 Å². The SMILES string of the molecule is O=C(O)C(F)(F)F.c1cncc(OC2COC3(CCN(Cc4cnc[nH]4)C3)C2)c1. The standard InChI is InChI=1S/C16H20N4O2.C2HF3O2/c1-2-14(8-17-4-1)22-15-6-16(21-10-15)3-5-20(11-16)9-13-7-18-12-19-13;3-2(4,5)1(6)7/h1-2,4,7-8,12,15H,3,5-6,9-11H2,(H,18,19);(H,6,7). The van der Waals surface area contributed by atoms with Gasteiger partial charge in [0.15, 0.2) is 0 Å². The Bertz CT molecular complexity index is 788. The maximum atomic E-state index is 10.6. The lowest BCUT2D eigenvalue weighted by Crippen LogP contribution is -2.33. The van der Waals surface area contributed by atoms with Crippen molar-refractivity contribution in [2.45, 2.75) is 37.3 Å². The first kappa shape index (κ1) is 21.1. The topological polar surface area (TPSA) is 101 Å². The van der Waals surface area contributed by atoms with Crippen molar-refractivity contribution in [3.8, 4) is 5.75 Å². The lowest BCUT2D eigenvalue weighted by molar-refractivity contribution is -0.192. The summed E-state index contributed by atoms with van der Waals surface area (Å²) in [6.45, 7) is 3.57. The van der Waals surface area contributed by atoms with Crippen molar-refractivity contribution in [1.29, 1.82) is 0 Å². The highest BCUT2D eigenvalue weighted by molar-refractivity contribution is 5.73. The lowest BCUT2D eigenvalue weighted by Gasteiger charge is -2.23. The Hall–Kier alpha value is -2.66. The average Bonchev–Trinajstić information content (AvgIpc) is 3.40. The minimum Gasteiger partial charge on any atom is -0.486 e. The smallest absolute Gasteiger partial charge is 0.486 e. The van der Waals surface area contributed by atoms with Gasteiger partial charge in [0.1, 0.15) is 11.9 Å². The van der Waals surface area contributed by atoms with Gasteiger partial charge in [0.2, 0.25) is 0 Å². The van der Waals surface area contributed by atoms with Gasteiger partial charge in [0.05, 0.1) is 24.7 Å². The number of hydrogen-bond donors (Lipinski definition) is 2. The van der Waals surface area contributed by atoms with E-state index in [0.29, 0.717) is 6.61 Å². The van der Waals surface area contributed by atoms with E-state index in [1.54, 1.807) is 18.7 Å². The van der Waals surface area contributed by atoms with E-state index in [-0.39, 0.29) is 11.7 Å². The molecule has 0 amide bonds. The molecule has 0 aromatic carbocycles. The Balaban J connectivity index is 0.000000298. The number of carboxylic acid groups (broad SMARTS) is 1. The summed E-state index contributed by atoms with van der Waals surface area (Å²) < 4.78 is 43.8.